The normalized spacial score (nSPS) is 16.2. The van der Waals surface area contributed by atoms with E-state index in [0.29, 0.717) is 46.9 Å². The highest BCUT2D eigenvalue weighted by molar-refractivity contribution is 6.34. The molecule has 172 valence electrons. The van der Waals surface area contributed by atoms with Crippen LogP contribution in [0.1, 0.15) is 55.3 Å². The van der Waals surface area contributed by atoms with E-state index in [9.17, 15) is 15.3 Å². The van der Waals surface area contributed by atoms with Gasteiger partial charge in [0, 0.05) is 26.1 Å². The van der Waals surface area contributed by atoms with Gasteiger partial charge in [0.05, 0.1) is 28.5 Å². The fourth-order valence-electron chi connectivity index (χ4n) is 4.25. The number of hydrogen-bond donors (Lipinski definition) is 2. The molecule has 0 unspecified atom stereocenters. The van der Waals surface area contributed by atoms with Crippen LogP contribution in [0.5, 0.6) is 0 Å². The zero-order valence-electron chi connectivity index (χ0n) is 18.5. The molecule has 3 aromatic rings. The fraction of sp³-hybridized carbons (Fsp3) is 0.391. The zero-order valence-corrected chi connectivity index (χ0v) is 19.3. The number of nitrogens with zero attached hydrogens (tertiary/aromatic N) is 7. The standard InChI is InChI=1S/C23H22ClN9O/c1-13(34)32-6-4-15(5-7-32)18-8-14(10-25)9-19(20(18)24)29-23-30-21(28-16-2-3-16)22-27-12-17(11-26)33(22)31-23/h8-9,12,15-16H,2-7H2,1H3,(H2,28,29,30,31). The number of rotatable bonds is 5. The lowest BCUT2D eigenvalue weighted by molar-refractivity contribution is -0.129. The number of aromatic nitrogens is 4. The monoisotopic (exact) mass is 475 g/mol. The quantitative estimate of drug-likeness (QED) is 0.571. The predicted octanol–water partition coefficient (Wildman–Crippen LogP) is 3.56. The Labute approximate surface area is 201 Å². The van der Waals surface area contributed by atoms with Crippen molar-refractivity contribution in [3.63, 3.8) is 0 Å². The first-order valence-electron chi connectivity index (χ1n) is 11.1. The van der Waals surface area contributed by atoms with Crippen LogP contribution >= 0.6 is 11.6 Å². The summed E-state index contributed by atoms with van der Waals surface area (Å²) in [6.07, 6.45) is 5.10. The van der Waals surface area contributed by atoms with Crippen molar-refractivity contribution >= 4 is 40.6 Å². The topological polar surface area (TPSA) is 135 Å². The highest BCUT2D eigenvalue weighted by atomic mass is 35.5. The average molecular weight is 476 g/mol. The maximum atomic E-state index is 11.7. The molecule has 0 spiro atoms. The molecule has 0 atom stereocenters. The molecule has 3 heterocycles. The third kappa shape index (κ3) is 4.20. The molecule has 10 nitrogen and oxygen atoms in total. The molecule has 1 aliphatic carbocycles. The predicted molar refractivity (Wildman–Crippen MR) is 126 cm³/mol. The van der Waals surface area contributed by atoms with Gasteiger partial charge in [-0.2, -0.15) is 20.0 Å². The minimum atomic E-state index is 0.0667. The van der Waals surface area contributed by atoms with Crippen LogP contribution in [0.3, 0.4) is 0 Å². The second-order valence-corrected chi connectivity index (χ2v) is 9.02. The molecular weight excluding hydrogens is 454 g/mol. The lowest BCUT2D eigenvalue weighted by Crippen LogP contribution is -2.36. The number of carbonyl (C=O) groups is 1. The van der Waals surface area contributed by atoms with Gasteiger partial charge >= 0.3 is 0 Å². The van der Waals surface area contributed by atoms with E-state index in [4.69, 9.17) is 11.6 Å². The number of anilines is 3. The van der Waals surface area contributed by atoms with Crippen molar-refractivity contribution in [1.82, 2.24) is 24.5 Å². The van der Waals surface area contributed by atoms with Crippen LogP contribution in [-0.4, -0.2) is 49.5 Å². The summed E-state index contributed by atoms with van der Waals surface area (Å²) in [6, 6.07) is 8.09. The van der Waals surface area contributed by atoms with Crippen LogP contribution in [-0.2, 0) is 4.79 Å². The number of amides is 1. The van der Waals surface area contributed by atoms with E-state index in [1.165, 1.54) is 10.7 Å². The van der Waals surface area contributed by atoms with Crippen molar-refractivity contribution in [2.24, 2.45) is 0 Å². The summed E-state index contributed by atoms with van der Waals surface area (Å²) in [5.74, 6) is 0.966. The lowest BCUT2D eigenvalue weighted by Gasteiger charge is -2.32. The van der Waals surface area contributed by atoms with E-state index in [1.807, 2.05) is 11.0 Å². The van der Waals surface area contributed by atoms with Crippen LogP contribution in [0.25, 0.3) is 5.65 Å². The molecule has 5 rings (SSSR count). The molecule has 2 fully saturated rings. The van der Waals surface area contributed by atoms with E-state index in [0.717, 1.165) is 31.2 Å². The molecular formula is C23H22ClN9O. The van der Waals surface area contributed by atoms with Crippen LogP contribution < -0.4 is 10.6 Å². The fourth-order valence-corrected chi connectivity index (χ4v) is 4.56. The van der Waals surface area contributed by atoms with Gasteiger partial charge in [-0.25, -0.2) is 4.98 Å². The van der Waals surface area contributed by atoms with Crippen molar-refractivity contribution in [3.05, 3.63) is 40.2 Å². The van der Waals surface area contributed by atoms with Gasteiger partial charge in [0.15, 0.2) is 17.2 Å². The number of piperidine rings is 1. The van der Waals surface area contributed by atoms with E-state index >= 15 is 0 Å². The van der Waals surface area contributed by atoms with E-state index in [1.54, 1.807) is 13.0 Å². The van der Waals surface area contributed by atoms with Crippen molar-refractivity contribution in [3.8, 4) is 12.1 Å². The van der Waals surface area contributed by atoms with E-state index in [2.05, 4.69) is 37.8 Å². The second-order valence-electron chi connectivity index (χ2n) is 8.64. The highest BCUT2D eigenvalue weighted by Crippen LogP contribution is 2.38. The summed E-state index contributed by atoms with van der Waals surface area (Å²) in [5, 5.41) is 30.5. The number of carbonyl (C=O) groups excluding carboxylic acids is 1. The summed E-state index contributed by atoms with van der Waals surface area (Å²) >= 11 is 6.81. The lowest BCUT2D eigenvalue weighted by atomic mass is 9.88. The van der Waals surface area contributed by atoms with Gasteiger partial charge < -0.3 is 15.5 Å². The average Bonchev–Trinajstić information content (AvgIpc) is 3.56. The van der Waals surface area contributed by atoms with Gasteiger partial charge in [-0.05, 0) is 49.3 Å². The SMILES string of the molecule is CC(=O)N1CCC(c2cc(C#N)cc(Nc3nc(NC4CC4)c4ncc(C#N)n4n3)c2Cl)CC1. The summed E-state index contributed by atoms with van der Waals surface area (Å²) < 4.78 is 1.44. The Morgan fingerprint density at radius 3 is 2.59 bits per heavy atom. The number of fused-ring (bicyclic) bond motifs is 1. The smallest absolute Gasteiger partial charge is 0.247 e. The molecule has 1 saturated carbocycles. The number of benzene rings is 1. The van der Waals surface area contributed by atoms with Crippen LogP contribution in [0, 0.1) is 22.7 Å². The first-order chi connectivity index (χ1) is 16.5. The van der Waals surface area contributed by atoms with Gasteiger partial charge in [0.25, 0.3) is 0 Å². The van der Waals surface area contributed by atoms with Gasteiger partial charge in [-0.1, -0.05) is 11.6 Å². The molecule has 2 aromatic heterocycles. The number of likely N-dealkylation sites (tertiary alicyclic amines) is 1. The number of nitriles is 2. The summed E-state index contributed by atoms with van der Waals surface area (Å²) in [4.78, 5) is 22.4. The summed E-state index contributed by atoms with van der Waals surface area (Å²) in [5.41, 5.74) is 2.61. The minimum absolute atomic E-state index is 0.0667. The first kappa shape index (κ1) is 21.9. The first-order valence-corrected chi connectivity index (χ1v) is 11.5. The third-order valence-electron chi connectivity index (χ3n) is 6.25. The Hall–Kier alpha value is -3.89. The summed E-state index contributed by atoms with van der Waals surface area (Å²) in [6.45, 7) is 2.89. The number of hydrogen-bond acceptors (Lipinski definition) is 8. The number of imidazole rings is 1. The zero-order chi connectivity index (χ0) is 23.8. The number of nitrogens with one attached hydrogen (secondary N) is 2. The van der Waals surface area contributed by atoms with Gasteiger partial charge in [0.1, 0.15) is 6.07 Å². The molecule has 1 aromatic carbocycles. The Balaban J connectivity index is 1.50. The van der Waals surface area contributed by atoms with Crippen molar-refractivity contribution in [1.29, 1.82) is 10.5 Å². The Morgan fingerprint density at radius 1 is 1.18 bits per heavy atom. The maximum Gasteiger partial charge on any atom is 0.247 e. The van der Waals surface area contributed by atoms with Crippen molar-refractivity contribution in [2.45, 2.75) is 44.6 Å². The van der Waals surface area contributed by atoms with Crippen LogP contribution in [0.4, 0.5) is 17.5 Å². The molecule has 2 N–H and O–H groups in total. The molecule has 0 radical (unpaired) electrons. The van der Waals surface area contributed by atoms with Gasteiger partial charge in [-0.3, -0.25) is 4.79 Å². The Bertz CT molecular complexity index is 1360. The van der Waals surface area contributed by atoms with Gasteiger partial charge in [-0.15, -0.1) is 5.10 Å². The maximum absolute atomic E-state index is 11.7. The molecule has 1 saturated heterocycles. The third-order valence-corrected chi connectivity index (χ3v) is 6.67. The molecule has 0 bridgehead atoms. The van der Waals surface area contributed by atoms with Crippen molar-refractivity contribution < 1.29 is 4.79 Å². The summed E-state index contributed by atoms with van der Waals surface area (Å²) in [7, 11) is 0. The van der Waals surface area contributed by atoms with E-state index in [-0.39, 0.29) is 23.5 Å². The van der Waals surface area contributed by atoms with Crippen LogP contribution in [0.15, 0.2) is 18.3 Å². The molecule has 1 amide bonds. The Kier molecular flexibility index (Phi) is 5.68. The minimum Gasteiger partial charge on any atom is -0.364 e. The number of halogens is 1. The Morgan fingerprint density at radius 2 is 1.94 bits per heavy atom. The van der Waals surface area contributed by atoms with Gasteiger partial charge in [0.2, 0.25) is 11.9 Å². The largest absolute Gasteiger partial charge is 0.364 e. The molecule has 2 aliphatic rings. The molecule has 1 aliphatic heterocycles. The molecule has 34 heavy (non-hydrogen) atoms. The van der Waals surface area contributed by atoms with Crippen LogP contribution in [0.2, 0.25) is 5.02 Å². The van der Waals surface area contributed by atoms with E-state index < -0.39 is 0 Å². The highest BCUT2D eigenvalue weighted by Gasteiger charge is 2.26. The van der Waals surface area contributed by atoms with Crippen molar-refractivity contribution in [2.75, 3.05) is 23.7 Å². The molecule has 11 heteroatoms. The second kappa shape index (κ2) is 8.81.